The standard InChI is InChI=1S/C10H8F3NO/c11-8-5-4-7(3-1-2-6-14)10(15-13)9(8)12/h4-5H,1-3H2. The van der Waals surface area contributed by atoms with Crippen molar-refractivity contribution in [2.45, 2.75) is 19.3 Å². The van der Waals surface area contributed by atoms with Crippen molar-refractivity contribution in [2.24, 2.45) is 0 Å². The molecular weight excluding hydrogens is 207 g/mol. The lowest BCUT2D eigenvalue weighted by Crippen LogP contribution is -1.96. The minimum Gasteiger partial charge on any atom is -0.291 e. The van der Waals surface area contributed by atoms with Gasteiger partial charge in [0, 0.05) is 16.5 Å². The Kier molecular flexibility index (Phi) is 3.98. The van der Waals surface area contributed by atoms with Crippen LogP contribution >= 0.6 is 0 Å². The summed E-state index contributed by atoms with van der Waals surface area (Å²) in [4.78, 5) is 3.29. The number of unbranched alkanes of at least 4 members (excludes halogenated alkanes) is 1. The van der Waals surface area contributed by atoms with Gasteiger partial charge in [-0.1, -0.05) is 6.07 Å². The summed E-state index contributed by atoms with van der Waals surface area (Å²) < 4.78 is 37.6. The highest BCUT2D eigenvalue weighted by atomic mass is 19.3. The summed E-state index contributed by atoms with van der Waals surface area (Å²) in [5.74, 6) is -3.23. The lowest BCUT2D eigenvalue weighted by atomic mass is 10.1. The molecule has 1 aromatic rings. The summed E-state index contributed by atoms with van der Waals surface area (Å²) in [6.45, 7) is 0. The van der Waals surface area contributed by atoms with Gasteiger partial charge in [-0.25, -0.2) is 4.39 Å². The van der Waals surface area contributed by atoms with Crippen molar-refractivity contribution < 1.29 is 18.2 Å². The maximum Gasteiger partial charge on any atom is 0.213 e. The van der Waals surface area contributed by atoms with Crippen LogP contribution in [0.2, 0.25) is 0 Å². The first-order valence-electron chi connectivity index (χ1n) is 4.33. The molecule has 0 amide bonds. The fraction of sp³-hybridized carbons (Fsp3) is 0.300. The van der Waals surface area contributed by atoms with Crippen molar-refractivity contribution in [1.29, 1.82) is 5.26 Å². The zero-order chi connectivity index (χ0) is 11.3. The lowest BCUT2D eigenvalue weighted by Gasteiger charge is -2.05. The van der Waals surface area contributed by atoms with Crippen LogP contribution < -0.4 is 4.94 Å². The quantitative estimate of drug-likeness (QED) is 0.723. The Labute approximate surface area is 84.8 Å². The number of rotatable bonds is 4. The highest BCUT2D eigenvalue weighted by molar-refractivity contribution is 5.35. The fourth-order valence-corrected chi connectivity index (χ4v) is 1.21. The van der Waals surface area contributed by atoms with Gasteiger partial charge in [-0.3, -0.25) is 4.94 Å². The third-order valence-electron chi connectivity index (χ3n) is 1.94. The van der Waals surface area contributed by atoms with Gasteiger partial charge in [0.2, 0.25) is 11.6 Å². The molecule has 0 heterocycles. The molecule has 0 fully saturated rings. The first-order chi connectivity index (χ1) is 7.20. The molecule has 0 bridgehead atoms. The summed E-state index contributed by atoms with van der Waals surface area (Å²) in [5.41, 5.74) is 0.214. The van der Waals surface area contributed by atoms with Gasteiger partial charge in [-0.05, 0) is 18.9 Å². The average Bonchev–Trinajstić information content (AvgIpc) is 2.24. The molecule has 2 nitrogen and oxygen atoms in total. The number of benzene rings is 1. The number of halogens is 3. The molecule has 15 heavy (non-hydrogen) atoms. The molecule has 80 valence electrons. The molecule has 0 unspecified atom stereocenters. The largest absolute Gasteiger partial charge is 0.291 e. The summed E-state index contributed by atoms with van der Waals surface area (Å²) >= 11 is 0. The number of aryl methyl sites for hydroxylation is 1. The van der Waals surface area contributed by atoms with E-state index in [1.54, 1.807) is 0 Å². The lowest BCUT2D eigenvalue weighted by molar-refractivity contribution is -0.0126. The fourth-order valence-electron chi connectivity index (χ4n) is 1.21. The SMILES string of the molecule is N#CCCCc1ccc(F)c(F)c1OF. The van der Waals surface area contributed by atoms with E-state index in [0.29, 0.717) is 6.42 Å². The molecule has 5 heteroatoms. The van der Waals surface area contributed by atoms with E-state index >= 15 is 0 Å². The predicted octanol–water partition coefficient (Wildman–Crippen LogP) is 3.07. The van der Waals surface area contributed by atoms with Crippen LogP contribution in [0.4, 0.5) is 13.3 Å². The molecule has 0 atom stereocenters. The van der Waals surface area contributed by atoms with Crippen LogP contribution in [0.3, 0.4) is 0 Å². The highest BCUT2D eigenvalue weighted by Gasteiger charge is 2.15. The van der Waals surface area contributed by atoms with Crippen molar-refractivity contribution in [3.05, 3.63) is 29.3 Å². The van der Waals surface area contributed by atoms with Gasteiger partial charge < -0.3 is 0 Å². The monoisotopic (exact) mass is 215 g/mol. The zero-order valence-electron chi connectivity index (χ0n) is 7.77. The van der Waals surface area contributed by atoms with E-state index in [1.165, 1.54) is 6.07 Å². The molecule has 0 saturated heterocycles. The smallest absolute Gasteiger partial charge is 0.213 e. The second-order valence-corrected chi connectivity index (χ2v) is 2.94. The summed E-state index contributed by atoms with van der Waals surface area (Å²) in [6.07, 6.45) is 0.979. The topological polar surface area (TPSA) is 33.0 Å². The molecule has 1 rings (SSSR count). The Morgan fingerprint density at radius 3 is 2.67 bits per heavy atom. The van der Waals surface area contributed by atoms with Gasteiger partial charge in [0.15, 0.2) is 5.82 Å². The number of nitrogens with zero attached hydrogens (tertiary/aromatic N) is 1. The molecule has 0 aliphatic heterocycles. The predicted molar refractivity (Wildman–Crippen MR) is 46.6 cm³/mol. The van der Waals surface area contributed by atoms with Gasteiger partial charge in [0.1, 0.15) is 0 Å². The van der Waals surface area contributed by atoms with E-state index in [2.05, 4.69) is 4.94 Å². The van der Waals surface area contributed by atoms with E-state index in [-0.39, 0.29) is 18.4 Å². The van der Waals surface area contributed by atoms with Crippen molar-refractivity contribution in [2.75, 3.05) is 0 Å². The van der Waals surface area contributed by atoms with E-state index in [9.17, 15) is 13.3 Å². The maximum absolute atomic E-state index is 13.0. The molecule has 0 saturated carbocycles. The molecule has 0 radical (unpaired) electrons. The molecule has 0 aromatic heterocycles. The van der Waals surface area contributed by atoms with Gasteiger partial charge >= 0.3 is 0 Å². The van der Waals surface area contributed by atoms with E-state index in [1.807, 2.05) is 6.07 Å². The van der Waals surface area contributed by atoms with Crippen molar-refractivity contribution in [3.8, 4) is 11.8 Å². The molecule has 0 N–H and O–H groups in total. The molecule has 0 spiro atoms. The first-order valence-corrected chi connectivity index (χ1v) is 4.33. The van der Waals surface area contributed by atoms with Crippen molar-refractivity contribution in [1.82, 2.24) is 0 Å². The van der Waals surface area contributed by atoms with Gasteiger partial charge in [-0.15, -0.1) is 0 Å². The third kappa shape index (κ3) is 2.62. The van der Waals surface area contributed by atoms with Crippen LogP contribution in [-0.4, -0.2) is 0 Å². The first kappa shape index (κ1) is 11.4. The van der Waals surface area contributed by atoms with Crippen molar-refractivity contribution >= 4 is 0 Å². The van der Waals surface area contributed by atoms with Gasteiger partial charge in [0.25, 0.3) is 0 Å². The van der Waals surface area contributed by atoms with Gasteiger partial charge in [-0.2, -0.15) is 9.65 Å². The summed E-state index contributed by atoms with van der Waals surface area (Å²) in [7, 11) is 0. The highest BCUT2D eigenvalue weighted by Crippen LogP contribution is 2.26. The van der Waals surface area contributed by atoms with E-state index < -0.39 is 17.4 Å². The van der Waals surface area contributed by atoms with Gasteiger partial charge in [0.05, 0.1) is 6.07 Å². The Hall–Kier alpha value is -1.70. The maximum atomic E-state index is 13.0. The molecule has 0 aliphatic carbocycles. The minimum absolute atomic E-state index is 0.214. The molecule has 0 aliphatic rings. The number of nitriles is 1. The Morgan fingerprint density at radius 2 is 2.07 bits per heavy atom. The number of hydrogen-bond acceptors (Lipinski definition) is 2. The molecular formula is C10H8F3NO. The van der Waals surface area contributed by atoms with E-state index in [4.69, 9.17) is 5.26 Å². The van der Waals surface area contributed by atoms with Crippen LogP contribution in [0.25, 0.3) is 0 Å². The zero-order valence-corrected chi connectivity index (χ0v) is 7.77. The van der Waals surface area contributed by atoms with Crippen LogP contribution in [0, 0.1) is 23.0 Å². The summed E-state index contributed by atoms with van der Waals surface area (Å²) in [5, 5.41) is 8.28. The average molecular weight is 215 g/mol. The Bertz CT molecular complexity index is 387. The minimum atomic E-state index is -1.34. The third-order valence-corrected chi connectivity index (χ3v) is 1.94. The Balaban J connectivity index is 2.88. The van der Waals surface area contributed by atoms with Crippen molar-refractivity contribution in [3.63, 3.8) is 0 Å². The number of hydrogen-bond donors (Lipinski definition) is 0. The Morgan fingerprint density at radius 1 is 1.33 bits per heavy atom. The second kappa shape index (κ2) is 5.25. The van der Waals surface area contributed by atoms with Crippen LogP contribution in [-0.2, 0) is 6.42 Å². The van der Waals surface area contributed by atoms with Crippen LogP contribution in [0.15, 0.2) is 12.1 Å². The van der Waals surface area contributed by atoms with E-state index in [0.717, 1.165) is 6.07 Å². The second-order valence-electron chi connectivity index (χ2n) is 2.94. The summed E-state index contributed by atoms with van der Waals surface area (Å²) in [6, 6.07) is 4.04. The molecule has 1 aromatic carbocycles. The normalized spacial score (nSPS) is 9.73. The van der Waals surface area contributed by atoms with Crippen LogP contribution in [0.5, 0.6) is 5.75 Å². The van der Waals surface area contributed by atoms with Crippen LogP contribution in [0.1, 0.15) is 18.4 Å².